The fourth-order valence-corrected chi connectivity index (χ4v) is 11.8. The minimum Gasteiger partial charge on any atom is -0.328 e. The molecule has 1 aliphatic carbocycles. The Morgan fingerprint density at radius 3 is 1.56 bits per heavy atom. The minimum atomic E-state index is -2.02. The number of nitrogens with one attached hydrogen (secondary N) is 1. The van der Waals surface area contributed by atoms with E-state index in [0.717, 1.165) is 11.4 Å². The highest BCUT2D eigenvalue weighted by Gasteiger charge is 2.41. The van der Waals surface area contributed by atoms with Crippen LogP contribution in [0, 0.1) is 0 Å². The smallest absolute Gasteiger partial charge is 0.0607 e. The third-order valence-electron chi connectivity index (χ3n) is 11.2. The van der Waals surface area contributed by atoms with Gasteiger partial charge in [-0.3, -0.25) is 4.31 Å². The van der Waals surface area contributed by atoms with E-state index < -0.39 is 10.4 Å². The molecule has 0 fully saturated rings. The Balaban J connectivity index is 1.18. The van der Waals surface area contributed by atoms with Crippen LogP contribution in [0.25, 0.3) is 50.1 Å². The van der Waals surface area contributed by atoms with Gasteiger partial charge in [0.05, 0.1) is 11.4 Å². The third-order valence-corrected chi connectivity index (χ3v) is 14.3. The van der Waals surface area contributed by atoms with E-state index in [-0.39, 0.29) is 5.92 Å². The van der Waals surface area contributed by atoms with Gasteiger partial charge < -0.3 is 4.72 Å². The van der Waals surface area contributed by atoms with Crippen molar-refractivity contribution in [3.05, 3.63) is 236 Å². The van der Waals surface area contributed by atoms with Crippen LogP contribution in [-0.2, 0) is 0 Å². The van der Waals surface area contributed by atoms with Gasteiger partial charge in [-0.05, 0) is 92.0 Å². The molecule has 57 heavy (non-hydrogen) atoms. The van der Waals surface area contributed by atoms with E-state index in [0.29, 0.717) is 0 Å². The number of rotatable bonds is 8. The van der Waals surface area contributed by atoms with Crippen molar-refractivity contribution in [1.82, 2.24) is 0 Å². The van der Waals surface area contributed by atoms with Crippen LogP contribution in [0.1, 0.15) is 17.0 Å². The van der Waals surface area contributed by atoms with Crippen LogP contribution < -0.4 is 9.03 Å². The average molecular weight is 751 g/mol. The van der Waals surface area contributed by atoms with E-state index in [1.54, 1.807) is 0 Å². The lowest BCUT2D eigenvalue weighted by atomic mass is 9.92. The maximum absolute atomic E-state index is 4.25. The number of hydrogen-bond donors (Lipinski definition) is 1. The SMILES string of the molecule is CS1(Nc2ccc(-c3ccccc3)cc2)c2c(cccc2C2C=CC(c3ccccc3)=C2)-c2cc(-c3ccccc3)ccc2N1c1ccc(-c2ccccc2)cc1. The highest BCUT2D eigenvalue weighted by molar-refractivity contribution is 8.35. The molecule has 0 spiro atoms. The summed E-state index contributed by atoms with van der Waals surface area (Å²) in [6.07, 6.45) is 9.56. The Labute approximate surface area is 337 Å². The third kappa shape index (κ3) is 6.46. The summed E-state index contributed by atoms with van der Waals surface area (Å²) >= 11 is 0. The molecule has 2 atom stereocenters. The zero-order chi connectivity index (χ0) is 38.2. The maximum Gasteiger partial charge on any atom is 0.0607 e. The molecule has 0 aromatic heterocycles. The fourth-order valence-electron chi connectivity index (χ4n) is 8.49. The molecule has 0 radical (unpaired) electrons. The lowest BCUT2D eigenvalue weighted by Gasteiger charge is -2.53. The predicted octanol–water partition coefficient (Wildman–Crippen LogP) is 15.0. The highest BCUT2D eigenvalue weighted by atomic mass is 32.3. The molecule has 0 saturated heterocycles. The molecule has 274 valence electrons. The summed E-state index contributed by atoms with van der Waals surface area (Å²) in [5, 5.41) is 0. The van der Waals surface area contributed by atoms with Gasteiger partial charge >= 0.3 is 0 Å². The molecule has 2 nitrogen and oxygen atoms in total. The van der Waals surface area contributed by atoms with Crippen LogP contribution in [0.2, 0.25) is 0 Å². The molecule has 8 aromatic rings. The first kappa shape index (κ1) is 34.7. The first-order chi connectivity index (χ1) is 28.1. The molecule has 2 aliphatic rings. The quantitative estimate of drug-likeness (QED) is 0.166. The Hall–Kier alpha value is -6.81. The lowest BCUT2D eigenvalue weighted by Crippen LogP contribution is -2.32. The number of allylic oxidation sites excluding steroid dienone is 4. The highest BCUT2D eigenvalue weighted by Crippen LogP contribution is 2.69. The number of fused-ring (bicyclic) bond motifs is 3. The molecule has 0 amide bonds. The summed E-state index contributed by atoms with van der Waals surface area (Å²) in [5.74, 6) is 0.116. The second kappa shape index (κ2) is 14.7. The second-order valence-corrected chi connectivity index (χ2v) is 17.6. The van der Waals surface area contributed by atoms with Crippen LogP contribution >= 0.6 is 10.4 Å². The number of hydrogen-bond acceptors (Lipinski definition) is 2. The van der Waals surface area contributed by atoms with Gasteiger partial charge in [-0.2, -0.15) is 0 Å². The van der Waals surface area contributed by atoms with Gasteiger partial charge in [0.15, 0.2) is 0 Å². The number of anilines is 3. The molecule has 0 saturated carbocycles. The average Bonchev–Trinajstić information content (AvgIpc) is 3.79. The largest absolute Gasteiger partial charge is 0.328 e. The van der Waals surface area contributed by atoms with Crippen LogP contribution in [0.15, 0.2) is 229 Å². The van der Waals surface area contributed by atoms with Crippen molar-refractivity contribution in [2.75, 3.05) is 15.3 Å². The van der Waals surface area contributed by atoms with Crippen molar-refractivity contribution >= 4 is 33.0 Å². The van der Waals surface area contributed by atoms with E-state index in [1.807, 2.05) is 0 Å². The molecule has 1 N–H and O–H groups in total. The molecule has 3 heteroatoms. The fraction of sp³-hybridized carbons (Fsp3) is 0.0370. The molecule has 1 heterocycles. The zero-order valence-corrected chi connectivity index (χ0v) is 32.6. The van der Waals surface area contributed by atoms with Gasteiger partial charge in [0.25, 0.3) is 0 Å². The summed E-state index contributed by atoms with van der Waals surface area (Å²) in [7, 11) is -2.02. The Morgan fingerprint density at radius 1 is 0.456 bits per heavy atom. The van der Waals surface area contributed by atoms with Gasteiger partial charge in [0, 0.05) is 28.3 Å². The number of benzene rings is 8. The summed E-state index contributed by atoms with van der Waals surface area (Å²) in [6, 6.07) is 74.9. The Kier molecular flexibility index (Phi) is 8.93. The molecular formula is C54H42N2S. The minimum absolute atomic E-state index is 0.116. The van der Waals surface area contributed by atoms with Crippen LogP contribution in [0.4, 0.5) is 17.1 Å². The standard InChI is InChI=1S/C54H42N2S/c1-57(55-48-32-27-43(28-33-48)39-15-6-2-7-16-39)54-50(47-26-25-45(37-47)41-19-10-4-11-20-41)23-14-24-51(54)52-38-46(42-21-12-5-13-22-42)31-36-53(52)56(57)49-34-29-44(30-35-49)40-17-8-3-9-18-40/h2-38,47,55H,1H3. The van der Waals surface area contributed by atoms with E-state index in [1.165, 1.54) is 71.8 Å². The van der Waals surface area contributed by atoms with Gasteiger partial charge in [-0.15, -0.1) is 0 Å². The lowest BCUT2D eigenvalue weighted by molar-refractivity contribution is 1.04. The van der Waals surface area contributed by atoms with Crippen LogP contribution in [-0.4, -0.2) is 6.26 Å². The second-order valence-electron chi connectivity index (χ2n) is 14.8. The summed E-state index contributed by atoms with van der Waals surface area (Å²) < 4.78 is 6.86. The molecule has 2 unspecified atom stereocenters. The summed E-state index contributed by atoms with van der Waals surface area (Å²) in [4.78, 5) is 1.35. The predicted molar refractivity (Wildman–Crippen MR) is 245 cm³/mol. The van der Waals surface area contributed by atoms with E-state index in [2.05, 4.69) is 240 Å². The summed E-state index contributed by atoms with van der Waals surface area (Å²) in [5.41, 5.74) is 17.0. The van der Waals surface area contributed by atoms with Gasteiger partial charge in [0.1, 0.15) is 0 Å². The normalized spacial score (nSPS) is 17.9. The van der Waals surface area contributed by atoms with Crippen LogP contribution in [0.5, 0.6) is 0 Å². The molecule has 10 rings (SSSR count). The zero-order valence-electron chi connectivity index (χ0n) is 31.8. The van der Waals surface area contributed by atoms with E-state index >= 15 is 0 Å². The molecular weight excluding hydrogens is 709 g/mol. The Bertz CT molecular complexity index is 2740. The Morgan fingerprint density at radius 2 is 0.965 bits per heavy atom. The first-order valence-electron chi connectivity index (χ1n) is 19.6. The monoisotopic (exact) mass is 750 g/mol. The van der Waals surface area contributed by atoms with Gasteiger partial charge in [0.2, 0.25) is 0 Å². The number of nitrogens with zero attached hydrogens (tertiary/aromatic N) is 1. The topological polar surface area (TPSA) is 15.3 Å². The van der Waals surface area contributed by atoms with Crippen molar-refractivity contribution in [1.29, 1.82) is 0 Å². The van der Waals surface area contributed by atoms with E-state index in [4.69, 9.17) is 0 Å². The van der Waals surface area contributed by atoms with E-state index in [9.17, 15) is 0 Å². The van der Waals surface area contributed by atoms with Crippen molar-refractivity contribution in [2.45, 2.75) is 10.8 Å². The van der Waals surface area contributed by atoms with Crippen molar-refractivity contribution in [2.24, 2.45) is 0 Å². The first-order valence-corrected chi connectivity index (χ1v) is 21.6. The molecule has 8 aromatic carbocycles. The van der Waals surface area contributed by atoms with Gasteiger partial charge in [-0.25, -0.2) is 0 Å². The van der Waals surface area contributed by atoms with Crippen LogP contribution in [0.3, 0.4) is 0 Å². The van der Waals surface area contributed by atoms with Crippen molar-refractivity contribution < 1.29 is 0 Å². The van der Waals surface area contributed by atoms with Crippen molar-refractivity contribution in [3.8, 4) is 44.5 Å². The maximum atomic E-state index is 4.25. The summed E-state index contributed by atoms with van der Waals surface area (Å²) in [6.45, 7) is 0. The molecule has 1 aliphatic heterocycles. The van der Waals surface area contributed by atoms with Gasteiger partial charge in [-0.1, -0.05) is 198 Å². The molecule has 0 bridgehead atoms. The van der Waals surface area contributed by atoms with Crippen molar-refractivity contribution in [3.63, 3.8) is 0 Å².